The van der Waals surface area contributed by atoms with Crippen LogP contribution < -0.4 is 4.90 Å². The molecule has 35 heavy (non-hydrogen) atoms. The molecule has 3 heterocycles. The lowest BCUT2D eigenvalue weighted by molar-refractivity contribution is -0.128. The van der Waals surface area contributed by atoms with Crippen LogP contribution in [0.5, 0.6) is 0 Å². The van der Waals surface area contributed by atoms with E-state index in [0.717, 1.165) is 29.9 Å². The molecule has 1 aliphatic heterocycles. The third-order valence-corrected chi connectivity index (χ3v) is 7.38. The highest BCUT2D eigenvalue weighted by Crippen LogP contribution is 2.30. The maximum atomic E-state index is 13.0. The Morgan fingerprint density at radius 2 is 1.69 bits per heavy atom. The van der Waals surface area contributed by atoms with Gasteiger partial charge in [-0.25, -0.2) is 0 Å². The van der Waals surface area contributed by atoms with E-state index in [0.29, 0.717) is 34.8 Å². The minimum Gasteiger partial charge on any atom is -0.368 e. The van der Waals surface area contributed by atoms with Crippen molar-refractivity contribution in [3.63, 3.8) is 0 Å². The molecule has 0 atom stereocenters. The summed E-state index contributed by atoms with van der Waals surface area (Å²) in [5, 5.41) is 10.2. The molecule has 0 saturated carbocycles. The first kappa shape index (κ1) is 23.4. The maximum Gasteiger partial charge on any atom is 0.233 e. The molecule has 1 saturated heterocycles. The highest BCUT2D eigenvalue weighted by Gasteiger charge is 2.23. The zero-order chi connectivity index (χ0) is 24.2. The summed E-state index contributed by atoms with van der Waals surface area (Å²) < 4.78 is 1.95. The average molecular weight is 505 g/mol. The van der Waals surface area contributed by atoms with Crippen LogP contribution in [0.3, 0.4) is 0 Å². The molecule has 0 unspecified atom stereocenters. The highest BCUT2D eigenvalue weighted by atomic mass is 35.5. The summed E-state index contributed by atoms with van der Waals surface area (Å²) in [6, 6.07) is 20.0. The number of benzene rings is 2. The Kier molecular flexibility index (Phi) is 7.01. The number of anilines is 1. The molecule has 1 fully saturated rings. The van der Waals surface area contributed by atoms with Crippen molar-refractivity contribution >= 4 is 35.0 Å². The molecule has 0 radical (unpaired) electrons. The second kappa shape index (κ2) is 10.5. The van der Waals surface area contributed by atoms with Crippen LogP contribution in [0.15, 0.2) is 78.2 Å². The SMILES string of the molecule is Cc1ccc(-n2c(SCC(=O)N3CCN(c4ccccc4)CC3)nnc2-c2ccncc2)cc1Cl. The van der Waals surface area contributed by atoms with Crippen LogP contribution in [-0.2, 0) is 4.79 Å². The molecular formula is C26H25ClN6OS. The van der Waals surface area contributed by atoms with E-state index in [2.05, 4.69) is 32.2 Å². The smallest absolute Gasteiger partial charge is 0.233 e. The average Bonchev–Trinajstić information content (AvgIpc) is 3.34. The van der Waals surface area contributed by atoms with Gasteiger partial charge in [-0.1, -0.05) is 47.6 Å². The van der Waals surface area contributed by atoms with Crippen LogP contribution in [0.2, 0.25) is 5.02 Å². The number of amides is 1. The molecule has 1 amide bonds. The number of hydrogen-bond acceptors (Lipinski definition) is 6. The predicted octanol–water partition coefficient (Wildman–Crippen LogP) is 4.73. The summed E-state index contributed by atoms with van der Waals surface area (Å²) >= 11 is 7.82. The number of halogens is 1. The Labute approximate surface area is 213 Å². The van der Waals surface area contributed by atoms with Crippen molar-refractivity contribution < 1.29 is 4.79 Å². The summed E-state index contributed by atoms with van der Waals surface area (Å²) in [4.78, 5) is 21.4. The van der Waals surface area contributed by atoms with Gasteiger partial charge in [0, 0.05) is 54.8 Å². The van der Waals surface area contributed by atoms with Gasteiger partial charge in [-0.05, 0) is 48.9 Å². The number of para-hydroxylation sites is 1. The predicted molar refractivity (Wildman–Crippen MR) is 140 cm³/mol. The van der Waals surface area contributed by atoms with Crippen molar-refractivity contribution in [2.24, 2.45) is 0 Å². The summed E-state index contributed by atoms with van der Waals surface area (Å²) in [6.07, 6.45) is 3.45. The first-order chi connectivity index (χ1) is 17.1. The molecule has 4 aromatic rings. The summed E-state index contributed by atoms with van der Waals surface area (Å²) in [5.74, 6) is 1.07. The van der Waals surface area contributed by atoms with Crippen molar-refractivity contribution in [1.82, 2.24) is 24.6 Å². The second-order valence-corrected chi connectivity index (χ2v) is 9.65. The van der Waals surface area contributed by atoms with E-state index in [1.807, 2.05) is 64.9 Å². The molecule has 9 heteroatoms. The van der Waals surface area contributed by atoms with Crippen molar-refractivity contribution in [2.75, 3.05) is 36.8 Å². The van der Waals surface area contributed by atoms with Crippen LogP contribution >= 0.6 is 23.4 Å². The monoisotopic (exact) mass is 504 g/mol. The molecule has 0 spiro atoms. The molecular weight excluding hydrogens is 480 g/mol. The largest absolute Gasteiger partial charge is 0.368 e. The fourth-order valence-electron chi connectivity index (χ4n) is 4.08. The molecule has 2 aromatic carbocycles. The number of piperazine rings is 1. The van der Waals surface area contributed by atoms with E-state index in [9.17, 15) is 4.79 Å². The standard InChI is InChI=1S/C26H25ClN6OS/c1-19-7-8-22(17-23(19)27)33-25(20-9-11-28-12-10-20)29-30-26(33)35-18-24(34)32-15-13-31(14-16-32)21-5-3-2-4-6-21/h2-12,17H,13-16,18H2,1H3. The van der Waals surface area contributed by atoms with E-state index >= 15 is 0 Å². The molecule has 0 bridgehead atoms. The number of hydrogen-bond donors (Lipinski definition) is 0. The van der Waals surface area contributed by atoms with Gasteiger partial charge in [0.25, 0.3) is 0 Å². The molecule has 1 aliphatic rings. The van der Waals surface area contributed by atoms with E-state index in [4.69, 9.17) is 11.6 Å². The number of carbonyl (C=O) groups is 1. The summed E-state index contributed by atoms with van der Waals surface area (Å²) in [5.41, 5.74) is 3.93. The molecule has 5 rings (SSSR count). The molecule has 178 valence electrons. The Bertz CT molecular complexity index is 1310. The maximum absolute atomic E-state index is 13.0. The fraction of sp³-hybridized carbons (Fsp3) is 0.231. The van der Waals surface area contributed by atoms with Crippen LogP contribution in [0.1, 0.15) is 5.56 Å². The zero-order valence-electron chi connectivity index (χ0n) is 19.3. The van der Waals surface area contributed by atoms with Crippen molar-refractivity contribution in [3.8, 4) is 17.1 Å². The van der Waals surface area contributed by atoms with Gasteiger partial charge in [0.05, 0.1) is 11.4 Å². The molecule has 0 aliphatic carbocycles. The number of aromatic nitrogens is 4. The minimum atomic E-state index is 0.102. The number of rotatable bonds is 6. The Morgan fingerprint density at radius 1 is 0.943 bits per heavy atom. The minimum absolute atomic E-state index is 0.102. The van der Waals surface area contributed by atoms with Gasteiger partial charge < -0.3 is 9.80 Å². The number of thioether (sulfide) groups is 1. The summed E-state index contributed by atoms with van der Waals surface area (Å²) in [7, 11) is 0. The van der Waals surface area contributed by atoms with Crippen LogP contribution in [0.25, 0.3) is 17.1 Å². The third-order valence-electron chi connectivity index (χ3n) is 6.06. The van der Waals surface area contributed by atoms with Gasteiger partial charge in [0.1, 0.15) is 0 Å². The number of pyridine rings is 1. The van der Waals surface area contributed by atoms with E-state index in [1.54, 1.807) is 12.4 Å². The van der Waals surface area contributed by atoms with E-state index < -0.39 is 0 Å². The van der Waals surface area contributed by atoms with Crippen LogP contribution in [-0.4, -0.2) is 62.5 Å². The number of nitrogens with zero attached hydrogens (tertiary/aromatic N) is 6. The number of aryl methyl sites for hydroxylation is 1. The van der Waals surface area contributed by atoms with Gasteiger partial charge in [-0.2, -0.15) is 0 Å². The second-order valence-electron chi connectivity index (χ2n) is 8.30. The normalized spacial score (nSPS) is 13.8. The van der Waals surface area contributed by atoms with Gasteiger partial charge in [-0.3, -0.25) is 14.3 Å². The van der Waals surface area contributed by atoms with Gasteiger partial charge in [0.2, 0.25) is 5.91 Å². The fourth-order valence-corrected chi connectivity index (χ4v) is 5.10. The topological polar surface area (TPSA) is 67.2 Å². The van der Waals surface area contributed by atoms with Crippen molar-refractivity contribution in [3.05, 3.63) is 83.6 Å². The molecule has 0 N–H and O–H groups in total. The van der Waals surface area contributed by atoms with E-state index in [1.165, 1.54) is 17.4 Å². The van der Waals surface area contributed by atoms with Crippen molar-refractivity contribution in [1.29, 1.82) is 0 Å². The zero-order valence-corrected chi connectivity index (χ0v) is 20.9. The van der Waals surface area contributed by atoms with Gasteiger partial charge in [-0.15, -0.1) is 10.2 Å². The Morgan fingerprint density at radius 3 is 2.40 bits per heavy atom. The van der Waals surface area contributed by atoms with Gasteiger partial charge >= 0.3 is 0 Å². The first-order valence-electron chi connectivity index (χ1n) is 11.4. The quantitative estimate of drug-likeness (QED) is 0.354. The Balaban J connectivity index is 1.32. The molecule has 2 aromatic heterocycles. The lowest BCUT2D eigenvalue weighted by Crippen LogP contribution is -2.49. The van der Waals surface area contributed by atoms with Gasteiger partial charge in [0.15, 0.2) is 11.0 Å². The van der Waals surface area contributed by atoms with Crippen LogP contribution in [0, 0.1) is 6.92 Å². The van der Waals surface area contributed by atoms with Crippen LogP contribution in [0.4, 0.5) is 5.69 Å². The molecule has 7 nitrogen and oxygen atoms in total. The lowest BCUT2D eigenvalue weighted by Gasteiger charge is -2.36. The third kappa shape index (κ3) is 5.18. The summed E-state index contributed by atoms with van der Waals surface area (Å²) in [6.45, 7) is 5.02. The number of carbonyl (C=O) groups excluding carboxylic acids is 1. The first-order valence-corrected chi connectivity index (χ1v) is 12.8. The Hall–Kier alpha value is -3.36. The van der Waals surface area contributed by atoms with E-state index in [-0.39, 0.29) is 5.91 Å². The lowest BCUT2D eigenvalue weighted by atomic mass is 10.2. The highest BCUT2D eigenvalue weighted by molar-refractivity contribution is 7.99. The van der Waals surface area contributed by atoms with Crippen molar-refractivity contribution in [2.45, 2.75) is 12.1 Å².